The van der Waals surface area contributed by atoms with Crippen LogP contribution in [0.4, 0.5) is 0 Å². The number of ether oxygens (including phenoxy) is 3. The maximum absolute atomic E-state index is 13.3. The number of aromatic amines is 1. The maximum atomic E-state index is 13.3. The highest BCUT2D eigenvalue weighted by Crippen LogP contribution is 2.43. The SMILES string of the molecule is CC.COc1ccc(CN2C(=O)CC3(CCN(CCOc4cc5cc(C(C)=O)[nH]c5cc4OC)CC3)C2=O)cc1. The average Bonchev–Trinajstić information content (AvgIpc) is 3.49. The van der Waals surface area contributed by atoms with Gasteiger partial charge in [-0.05, 0) is 55.8 Å². The molecule has 2 aromatic carbocycles. The summed E-state index contributed by atoms with van der Waals surface area (Å²) >= 11 is 0. The van der Waals surface area contributed by atoms with Gasteiger partial charge in [-0.2, -0.15) is 0 Å². The smallest absolute Gasteiger partial charge is 0.236 e. The van der Waals surface area contributed by atoms with E-state index in [-0.39, 0.29) is 24.0 Å². The third-order valence-electron chi connectivity index (χ3n) is 7.75. The highest BCUT2D eigenvalue weighted by molar-refractivity contribution is 6.06. The Morgan fingerprint density at radius 1 is 0.975 bits per heavy atom. The lowest BCUT2D eigenvalue weighted by molar-refractivity contribution is -0.143. The van der Waals surface area contributed by atoms with E-state index >= 15 is 0 Å². The zero-order valence-corrected chi connectivity index (χ0v) is 24.0. The van der Waals surface area contributed by atoms with Crippen molar-refractivity contribution in [1.29, 1.82) is 0 Å². The Morgan fingerprint density at radius 2 is 1.68 bits per heavy atom. The number of carbonyl (C=O) groups excluding carboxylic acids is 3. The number of rotatable bonds is 9. The second-order valence-electron chi connectivity index (χ2n) is 10.1. The number of nitrogens with zero attached hydrogens (tertiary/aromatic N) is 2. The minimum atomic E-state index is -0.599. The van der Waals surface area contributed by atoms with Gasteiger partial charge in [0.15, 0.2) is 17.3 Å². The largest absolute Gasteiger partial charge is 0.497 e. The van der Waals surface area contributed by atoms with Crippen LogP contribution in [0.3, 0.4) is 0 Å². The van der Waals surface area contributed by atoms with Crippen molar-refractivity contribution >= 4 is 28.5 Å². The fourth-order valence-corrected chi connectivity index (χ4v) is 5.42. The average molecular weight is 550 g/mol. The number of imide groups is 1. The molecule has 2 aliphatic heterocycles. The molecule has 0 bridgehead atoms. The molecule has 0 saturated carbocycles. The van der Waals surface area contributed by atoms with Crippen molar-refractivity contribution in [2.45, 2.75) is 46.6 Å². The van der Waals surface area contributed by atoms with Crippen LogP contribution in [-0.4, -0.2) is 72.8 Å². The lowest BCUT2D eigenvalue weighted by Crippen LogP contribution is -2.45. The number of Topliss-reactive ketones (excluding diaryl/α,β-unsaturated/α-hetero) is 1. The summed E-state index contributed by atoms with van der Waals surface area (Å²) in [5, 5.41) is 0.884. The van der Waals surface area contributed by atoms with E-state index < -0.39 is 5.41 Å². The fourth-order valence-electron chi connectivity index (χ4n) is 5.42. The first-order chi connectivity index (χ1) is 19.3. The molecule has 0 radical (unpaired) electrons. The summed E-state index contributed by atoms with van der Waals surface area (Å²) in [6.07, 6.45) is 1.59. The summed E-state index contributed by atoms with van der Waals surface area (Å²) in [4.78, 5) is 44.6. The van der Waals surface area contributed by atoms with Crippen LogP contribution in [0.5, 0.6) is 17.2 Å². The Hall–Kier alpha value is -3.85. The summed E-state index contributed by atoms with van der Waals surface area (Å²) in [5.74, 6) is 1.78. The Kier molecular flexibility index (Phi) is 9.14. The summed E-state index contributed by atoms with van der Waals surface area (Å²) in [7, 11) is 3.20. The number of piperidine rings is 1. The molecule has 5 rings (SSSR count). The number of nitrogens with one attached hydrogen (secondary N) is 1. The monoisotopic (exact) mass is 549 g/mol. The number of carbonyl (C=O) groups is 3. The number of H-pyrrole nitrogens is 1. The van der Waals surface area contributed by atoms with E-state index in [4.69, 9.17) is 14.2 Å². The molecular formula is C31H39N3O6. The first-order valence-corrected chi connectivity index (χ1v) is 13.9. The van der Waals surface area contributed by atoms with Crippen LogP contribution in [0.1, 0.15) is 56.1 Å². The fraction of sp³-hybridized carbons (Fsp3) is 0.452. The molecule has 0 atom stereocenters. The van der Waals surface area contributed by atoms with Crippen molar-refractivity contribution < 1.29 is 28.6 Å². The molecule has 1 spiro atoms. The lowest BCUT2D eigenvalue weighted by Gasteiger charge is -2.37. The van der Waals surface area contributed by atoms with Crippen LogP contribution >= 0.6 is 0 Å². The summed E-state index contributed by atoms with van der Waals surface area (Å²) in [6, 6.07) is 13.0. The lowest BCUT2D eigenvalue weighted by atomic mass is 9.77. The van der Waals surface area contributed by atoms with E-state index in [0.717, 1.165) is 35.3 Å². The zero-order chi connectivity index (χ0) is 28.9. The number of hydrogen-bond donors (Lipinski definition) is 1. The molecule has 2 fully saturated rings. The predicted octanol–water partition coefficient (Wildman–Crippen LogP) is 4.83. The number of amides is 2. The van der Waals surface area contributed by atoms with Crippen molar-refractivity contribution in [3.05, 3.63) is 53.7 Å². The molecule has 9 heteroatoms. The number of aromatic nitrogens is 1. The Morgan fingerprint density at radius 3 is 2.30 bits per heavy atom. The summed E-state index contributed by atoms with van der Waals surface area (Å²) < 4.78 is 16.7. The number of methoxy groups -OCH3 is 2. The highest BCUT2D eigenvalue weighted by atomic mass is 16.5. The van der Waals surface area contributed by atoms with Crippen LogP contribution in [0.25, 0.3) is 10.9 Å². The van der Waals surface area contributed by atoms with Crippen LogP contribution in [0.2, 0.25) is 0 Å². The highest BCUT2D eigenvalue weighted by Gasteiger charge is 2.52. The van der Waals surface area contributed by atoms with Gasteiger partial charge in [0, 0.05) is 36.9 Å². The first-order valence-electron chi connectivity index (χ1n) is 13.9. The second-order valence-corrected chi connectivity index (χ2v) is 10.1. The predicted molar refractivity (Wildman–Crippen MR) is 153 cm³/mol. The van der Waals surface area contributed by atoms with Gasteiger partial charge in [-0.15, -0.1) is 0 Å². The van der Waals surface area contributed by atoms with Crippen molar-refractivity contribution in [2.24, 2.45) is 5.41 Å². The number of likely N-dealkylation sites (tertiary alicyclic amines) is 2. The van der Waals surface area contributed by atoms with E-state index in [1.807, 2.05) is 56.3 Å². The van der Waals surface area contributed by atoms with Crippen molar-refractivity contribution in [3.63, 3.8) is 0 Å². The standard InChI is InChI=1S/C29H33N3O6.C2H6/c1-19(33)23-14-21-15-26(25(37-3)16-24(21)30-23)38-13-12-31-10-8-29(9-11-31)17-27(34)32(28(29)35)18-20-4-6-22(36-2)7-5-20;1-2/h4-7,14-16,30H,8-13,17-18H2,1-3H3;1-2H3. The van der Waals surface area contributed by atoms with Crippen LogP contribution < -0.4 is 14.2 Å². The molecule has 1 N–H and O–H groups in total. The molecule has 2 saturated heterocycles. The molecule has 9 nitrogen and oxygen atoms in total. The van der Waals surface area contributed by atoms with Gasteiger partial charge in [0.25, 0.3) is 0 Å². The van der Waals surface area contributed by atoms with Crippen molar-refractivity contribution in [2.75, 3.05) is 40.5 Å². The third kappa shape index (κ3) is 5.99. The Labute approximate surface area is 235 Å². The van der Waals surface area contributed by atoms with E-state index in [2.05, 4.69) is 9.88 Å². The number of ketones is 1. The summed E-state index contributed by atoms with van der Waals surface area (Å²) in [5.41, 5.74) is 1.67. The Bertz CT molecular complexity index is 1360. The van der Waals surface area contributed by atoms with Gasteiger partial charge in [0.05, 0.1) is 31.9 Å². The third-order valence-corrected chi connectivity index (χ3v) is 7.75. The van der Waals surface area contributed by atoms with E-state index in [9.17, 15) is 14.4 Å². The maximum Gasteiger partial charge on any atom is 0.236 e. The molecular weight excluding hydrogens is 510 g/mol. The molecule has 0 unspecified atom stereocenters. The topological polar surface area (TPSA) is 101 Å². The van der Waals surface area contributed by atoms with Gasteiger partial charge in [-0.1, -0.05) is 26.0 Å². The quantitative estimate of drug-likeness (QED) is 0.301. The second kappa shape index (κ2) is 12.6. The molecule has 3 aromatic rings. The number of fused-ring (bicyclic) bond motifs is 1. The number of hydrogen-bond acceptors (Lipinski definition) is 7. The van der Waals surface area contributed by atoms with E-state index in [0.29, 0.717) is 49.7 Å². The van der Waals surface area contributed by atoms with Crippen LogP contribution in [0, 0.1) is 5.41 Å². The summed E-state index contributed by atoms with van der Waals surface area (Å²) in [6.45, 7) is 8.43. The minimum absolute atomic E-state index is 0.0307. The van der Waals surface area contributed by atoms with Crippen molar-refractivity contribution in [3.8, 4) is 17.2 Å². The normalized spacial score (nSPS) is 16.7. The number of benzene rings is 2. The van der Waals surface area contributed by atoms with Crippen LogP contribution in [0.15, 0.2) is 42.5 Å². The minimum Gasteiger partial charge on any atom is -0.497 e. The molecule has 0 aliphatic carbocycles. The zero-order valence-electron chi connectivity index (χ0n) is 24.0. The van der Waals surface area contributed by atoms with Gasteiger partial charge in [-0.25, -0.2) is 0 Å². The first kappa shape index (κ1) is 29.1. The Balaban J connectivity index is 0.00000181. The van der Waals surface area contributed by atoms with Crippen LogP contribution in [-0.2, 0) is 16.1 Å². The molecule has 1 aromatic heterocycles. The molecule has 2 aliphatic rings. The molecule has 214 valence electrons. The molecule has 40 heavy (non-hydrogen) atoms. The molecule has 2 amide bonds. The van der Waals surface area contributed by atoms with Gasteiger partial charge in [0.2, 0.25) is 11.8 Å². The van der Waals surface area contributed by atoms with Gasteiger partial charge in [-0.3, -0.25) is 24.2 Å². The van der Waals surface area contributed by atoms with E-state index in [1.165, 1.54) is 11.8 Å². The molecule has 3 heterocycles. The van der Waals surface area contributed by atoms with Gasteiger partial charge < -0.3 is 19.2 Å². The van der Waals surface area contributed by atoms with Crippen molar-refractivity contribution in [1.82, 2.24) is 14.8 Å². The van der Waals surface area contributed by atoms with Gasteiger partial charge >= 0.3 is 0 Å². The van der Waals surface area contributed by atoms with E-state index in [1.54, 1.807) is 14.2 Å². The van der Waals surface area contributed by atoms with Gasteiger partial charge in [0.1, 0.15) is 12.4 Å².